The summed E-state index contributed by atoms with van der Waals surface area (Å²) in [5.41, 5.74) is 1.17. The van der Waals surface area contributed by atoms with Crippen molar-refractivity contribution < 1.29 is 23.8 Å². The molecule has 1 spiro atoms. The van der Waals surface area contributed by atoms with Crippen molar-refractivity contribution in [3.63, 3.8) is 0 Å². The SMILES string of the molecule is CNC[C@H](C[C@H]1CCC2(CC2)OC1)NC(=O)N1CCC[C@@H](C(OCCNC(=O)OC)c2cccc(Cl)c2)C1. The zero-order valence-corrected chi connectivity index (χ0v) is 23.4. The number of hydrogen-bond acceptors (Lipinski definition) is 6. The molecule has 38 heavy (non-hydrogen) atoms. The van der Waals surface area contributed by atoms with Gasteiger partial charge in [-0.2, -0.15) is 0 Å². The molecule has 212 valence electrons. The van der Waals surface area contributed by atoms with Crippen LogP contribution < -0.4 is 16.0 Å². The summed E-state index contributed by atoms with van der Waals surface area (Å²) in [7, 11) is 3.26. The van der Waals surface area contributed by atoms with Crippen LogP contribution in [0.4, 0.5) is 9.59 Å². The first-order chi connectivity index (χ1) is 18.4. The van der Waals surface area contributed by atoms with Gasteiger partial charge in [0, 0.05) is 43.2 Å². The van der Waals surface area contributed by atoms with E-state index in [2.05, 4.69) is 20.7 Å². The molecule has 3 amide bonds. The van der Waals surface area contributed by atoms with Crippen LogP contribution in [0.15, 0.2) is 24.3 Å². The van der Waals surface area contributed by atoms with Crippen LogP contribution in [0.1, 0.15) is 56.6 Å². The van der Waals surface area contributed by atoms with Crippen molar-refractivity contribution in [1.82, 2.24) is 20.9 Å². The van der Waals surface area contributed by atoms with Crippen molar-refractivity contribution >= 4 is 23.7 Å². The molecule has 4 rings (SSSR count). The number of carbonyl (C=O) groups excluding carboxylic acids is 2. The predicted molar refractivity (Wildman–Crippen MR) is 146 cm³/mol. The predicted octanol–water partition coefficient (Wildman–Crippen LogP) is 4.11. The largest absolute Gasteiger partial charge is 0.453 e. The number of halogens is 1. The Morgan fingerprint density at radius 2 is 2.11 bits per heavy atom. The van der Waals surface area contributed by atoms with Crippen LogP contribution in [-0.2, 0) is 14.2 Å². The summed E-state index contributed by atoms with van der Waals surface area (Å²) in [5.74, 6) is 0.587. The van der Waals surface area contributed by atoms with Crippen molar-refractivity contribution in [2.45, 2.75) is 62.7 Å². The minimum Gasteiger partial charge on any atom is -0.453 e. The van der Waals surface area contributed by atoms with Gasteiger partial charge in [0.2, 0.25) is 0 Å². The Hall–Kier alpha value is -2.07. The molecule has 0 radical (unpaired) electrons. The summed E-state index contributed by atoms with van der Waals surface area (Å²) in [6.07, 6.45) is 6.74. The highest BCUT2D eigenvalue weighted by Crippen LogP contribution is 2.47. The topological polar surface area (TPSA) is 101 Å². The zero-order valence-electron chi connectivity index (χ0n) is 22.7. The number of nitrogens with one attached hydrogen (secondary N) is 3. The minimum atomic E-state index is -0.489. The normalized spacial score (nSPS) is 23.9. The number of urea groups is 1. The Kier molecular flexibility index (Phi) is 10.5. The molecule has 0 bridgehead atoms. The minimum absolute atomic E-state index is 0.0254. The third-order valence-corrected chi connectivity index (χ3v) is 8.28. The van der Waals surface area contributed by atoms with Crippen LogP contribution in [0, 0.1) is 11.8 Å². The summed E-state index contributed by atoms with van der Waals surface area (Å²) < 4.78 is 17.1. The number of benzene rings is 1. The maximum absolute atomic E-state index is 13.4. The van der Waals surface area contributed by atoms with Crippen LogP contribution in [0.3, 0.4) is 0 Å². The number of nitrogens with zero attached hydrogens (tertiary/aromatic N) is 1. The molecule has 9 nitrogen and oxygen atoms in total. The zero-order chi connectivity index (χ0) is 27.0. The molecular weight excluding hydrogens is 508 g/mol. The van der Waals surface area contributed by atoms with Gasteiger partial charge >= 0.3 is 12.1 Å². The Morgan fingerprint density at radius 3 is 2.79 bits per heavy atom. The van der Waals surface area contributed by atoms with E-state index >= 15 is 0 Å². The van der Waals surface area contributed by atoms with Gasteiger partial charge in [-0.1, -0.05) is 23.7 Å². The van der Waals surface area contributed by atoms with E-state index < -0.39 is 6.09 Å². The molecule has 2 heterocycles. The van der Waals surface area contributed by atoms with Crippen LogP contribution in [0.2, 0.25) is 5.02 Å². The van der Waals surface area contributed by atoms with Gasteiger partial charge in [0.05, 0.1) is 32.0 Å². The lowest BCUT2D eigenvalue weighted by Gasteiger charge is -2.38. The molecule has 2 saturated heterocycles. The number of likely N-dealkylation sites (tertiary alicyclic amines) is 1. The number of methoxy groups -OCH3 is 1. The Balaban J connectivity index is 1.34. The van der Waals surface area contributed by atoms with E-state index in [1.807, 2.05) is 36.2 Å². The first-order valence-electron chi connectivity index (χ1n) is 13.9. The third-order valence-electron chi connectivity index (χ3n) is 8.04. The monoisotopic (exact) mass is 550 g/mol. The molecule has 1 aliphatic carbocycles. The molecule has 1 saturated carbocycles. The van der Waals surface area contributed by atoms with Crippen molar-refractivity contribution in [1.29, 1.82) is 0 Å². The fourth-order valence-electron chi connectivity index (χ4n) is 5.79. The van der Waals surface area contributed by atoms with Crippen LogP contribution in [-0.4, -0.2) is 82.2 Å². The van der Waals surface area contributed by atoms with Gasteiger partial charge in [-0.15, -0.1) is 0 Å². The Bertz CT molecular complexity index is 920. The molecule has 3 N–H and O–H groups in total. The van der Waals surface area contributed by atoms with Crippen LogP contribution in [0.25, 0.3) is 0 Å². The lowest BCUT2D eigenvalue weighted by molar-refractivity contribution is -0.0380. The van der Waals surface area contributed by atoms with Crippen LogP contribution >= 0.6 is 11.6 Å². The fourth-order valence-corrected chi connectivity index (χ4v) is 5.98. The van der Waals surface area contributed by atoms with Gasteiger partial charge in [-0.3, -0.25) is 0 Å². The average molecular weight is 551 g/mol. The molecular formula is C28H43ClN4O5. The lowest BCUT2D eigenvalue weighted by atomic mass is 9.88. The lowest BCUT2D eigenvalue weighted by Crippen LogP contribution is -2.52. The van der Waals surface area contributed by atoms with E-state index in [4.69, 9.17) is 21.1 Å². The number of hydrogen-bond donors (Lipinski definition) is 3. The second-order valence-corrected chi connectivity index (χ2v) is 11.4. The van der Waals surface area contributed by atoms with E-state index in [0.29, 0.717) is 30.6 Å². The number of rotatable bonds is 11. The number of alkyl carbamates (subject to hydrolysis) is 1. The fraction of sp³-hybridized carbons (Fsp3) is 0.714. The summed E-state index contributed by atoms with van der Waals surface area (Å²) in [6, 6.07) is 7.70. The van der Waals surface area contributed by atoms with E-state index in [-0.39, 0.29) is 29.7 Å². The van der Waals surface area contributed by atoms with Gasteiger partial charge in [-0.05, 0) is 75.6 Å². The standard InChI is InChI=1S/C28H43ClN4O5/c1-30-17-24(15-20-8-9-28(10-11-28)38-19-20)32-26(34)33-13-4-6-22(18-33)25(21-5-3-7-23(29)16-21)37-14-12-31-27(35)36-2/h3,5,7,16,20,22,24-25,30H,4,6,8-15,17-19H2,1-2H3,(H,31,35)(H,32,34)/t20-,22-,24+,25?/m1/s1. The van der Waals surface area contributed by atoms with Gasteiger partial charge in [-0.25, -0.2) is 9.59 Å². The van der Waals surface area contributed by atoms with E-state index in [1.165, 1.54) is 26.4 Å². The average Bonchev–Trinajstić information content (AvgIpc) is 3.69. The maximum Gasteiger partial charge on any atom is 0.406 e. The van der Waals surface area contributed by atoms with Gasteiger partial charge in [0.25, 0.3) is 0 Å². The number of amides is 3. The summed E-state index contributed by atoms with van der Waals surface area (Å²) in [5, 5.41) is 9.84. The van der Waals surface area contributed by atoms with Crippen LogP contribution in [0.5, 0.6) is 0 Å². The summed E-state index contributed by atoms with van der Waals surface area (Å²) in [4.78, 5) is 26.7. The molecule has 3 aliphatic rings. The number of ether oxygens (including phenoxy) is 3. The Morgan fingerprint density at radius 1 is 1.26 bits per heavy atom. The molecule has 4 atom stereocenters. The number of likely N-dealkylation sites (N-methyl/N-ethyl adjacent to an activating group) is 1. The van der Waals surface area contributed by atoms with Crippen molar-refractivity contribution in [2.24, 2.45) is 11.8 Å². The highest BCUT2D eigenvalue weighted by Gasteiger charge is 2.46. The van der Waals surface area contributed by atoms with E-state index in [0.717, 1.165) is 50.9 Å². The molecule has 0 aromatic heterocycles. The molecule has 2 aliphatic heterocycles. The van der Waals surface area contributed by atoms with Crippen molar-refractivity contribution in [3.05, 3.63) is 34.9 Å². The third kappa shape index (κ3) is 8.21. The summed E-state index contributed by atoms with van der Waals surface area (Å²) >= 11 is 6.30. The van der Waals surface area contributed by atoms with Gasteiger partial charge < -0.3 is 35.1 Å². The second-order valence-electron chi connectivity index (χ2n) is 11.0. The van der Waals surface area contributed by atoms with Crippen molar-refractivity contribution in [3.8, 4) is 0 Å². The number of piperidine rings is 1. The first-order valence-corrected chi connectivity index (χ1v) is 14.3. The van der Waals surface area contributed by atoms with Gasteiger partial charge in [0.1, 0.15) is 0 Å². The number of carbonyl (C=O) groups is 2. The molecule has 3 fully saturated rings. The van der Waals surface area contributed by atoms with Crippen molar-refractivity contribution in [2.75, 3.05) is 53.6 Å². The molecule has 1 aromatic rings. The highest BCUT2D eigenvalue weighted by atomic mass is 35.5. The highest BCUT2D eigenvalue weighted by molar-refractivity contribution is 6.30. The quantitative estimate of drug-likeness (QED) is 0.358. The Labute approximate surface area is 231 Å². The second kappa shape index (κ2) is 13.8. The molecule has 1 aromatic carbocycles. The first kappa shape index (κ1) is 28.9. The summed E-state index contributed by atoms with van der Waals surface area (Å²) in [6.45, 7) is 3.49. The van der Waals surface area contributed by atoms with E-state index in [1.54, 1.807) is 0 Å². The maximum atomic E-state index is 13.4. The molecule has 1 unspecified atom stereocenters. The van der Waals surface area contributed by atoms with Gasteiger partial charge in [0.15, 0.2) is 0 Å². The van der Waals surface area contributed by atoms with E-state index in [9.17, 15) is 9.59 Å². The molecule has 10 heteroatoms. The smallest absolute Gasteiger partial charge is 0.406 e.